The second-order valence-corrected chi connectivity index (χ2v) is 11.5. The number of ether oxygens (including phenoxy) is 3. The molecule has 5 rings (SSSR count). The molecule has 9 nitrogen and oxygen atoms in total. The molecule has 1 saturated heterocycles. The first kappa shape index (κ1) is 26.5. The molecule has 1 aromatic heterocycles. The predicted octanol–water partition coefficient (Wildman–Crippen LogP) is 2.73. The molecule has 0 aromatic carbocycles. The van der Waals surface area contributed by atoms with Crippen molar-refractivity contribution in [1.82, 2.24) is 10.3 Å². The molecule has 37 heavy (non-hydrogen) atoms. The van der Waals surface area contributed by atoms with Crippen LogP contribution in [0.2, 0.25) is 0 Å². The van der Waals surface area contributed by atoms with E-state index in [4.69, 9.17) is 25.8 Å². The number of rotatable bonds is 5. The third kappa shape index (κ3) is 4.28. The van der Waals surface area contributed by atoms with Crippen molar-refractivity contribution in [3.63, 3.8) is 0 Å². The molecule has 0 radical (unpaired) electrons. The Labute approximate surface area is 220 Å². The lowest BCUT2D eigenvalue weighted by Gasteiger charge is -2.39. The standard InChI is InChI=1S/C27H35ClN2O7/c1-13-9-17(31)15-10-16(25(33)29-12-14-7-5-4-6-8-14)26(34)30-23(15)27(13)24(32)20-18(35-2)11-19(36-3)21(28)22(20)37-27/h10,13-14,18-22H,4-9,11-12H2,1-3H3,(H,29,33)(H,30,34)/t13-,18?,19?,20?,21?,22?,27+/m1/s1. The number of methoxy groups -OCH3 is 2. The van der Waals surface area contributed by atoms with Crippen molar-refractivity contribution in [1.29, 1.82) is 0 Å². The van der Waals surface area contributed by atoms with Gasteiger partial charge in [0.25, 0.3) is 11.5 Å². The fourth-order valence-corrected chi connectivity index (χ4v) is 7.24. The maximum absolute atomic E-state index is 14.1. The Balaban J connectivity index is 1.50. The fraction of sp³-hybridized carbons (Fsp3) is 0.704. The molecule has 2 saturated carbocycles. The number of fused-ring (bicyclic) bond motifs is 3. The number of hydrogen-bond donors (Lipinski definition) is 2. The van der Waals surface area contributed by atoms with E-state index in [1.54, 1.807) is 14.0 Å². The Morgan fingerprint density at radius 1 is 1.16 bits per heavy atom. The number of alkyl halides is 1. The Bertz CT molecular complexity index is 1150. The molecule has 3 aliphatic carbocycles. The number of nitrogens with one attached hydrogen (secondary N) is 2. The van der Waals surface area contributed by atoms with Gasteiger partial charge in [-0.3, -0.25) is 19.2 Å². The van der Waals surface area contributed by atoms with E-state index >= 15 is 0 Å². The van der Waals surface area contributed by atoms with Crippen LogP contribution in [0.5, 0.6) is 0 Å². The molecule has 4 aliphatic rings. The van der Waals surface area contributed by atoms with E-state index in [2.05, 4.69) is 10.3 Å². The van der Waals surface area contributed by atoms with Crippen molar-refractivity contribution < 1.29 is 28.6 Å². The molecule has 2 heterocycles. The van der Waals surface area contributed by atoms with Gasteiger partial charge in [0.2, 0.25) is 0 Å². The summed E-state index contributed by atoms with van der Waals surface area (Å²) in [6.45, 7) is 2.25. The minimum absolute atomic E-state index is 0.0334. The van der Waals surface area contributed by atoms with Gasteiger partial charge in [0, 0.05) is 45.1 Å². The van der Waals surface area contributed by atoms with Gasteiger partial charge in [-0.05, 0) is 24.8 Å². The summed E-state index contributed by atoms with van der Waals surface area (Å²) in [6.07, 6.45) is 4.46. The summed E-state index contributed by atoms with van der Waals surface area (Å²) in [5.41, 5.74) is -2.12. The number of pyridine rings is 1. The Hall–Kier alpha value is -2.07. The molecule has 1 amide bonds. The van der Waals surface area contributed by atoms with E-state index in [9.17, 15) is 19.2 Å². The minimum atomic E-state index is -1.57. The van der Waals surface area contributed by atoms with E-state index in [1.807, 2.05) is 0 Å². The van der Waals surface area contributed by atoms with Crippen molar-refractivity contribution in [3.8, 4) is 0 Å². The highest BCUT2D eigenvalue weighted by Crippen LogP contribution is 2.53. The molecule has 10 heteroatoms. The quantitative estimate of drug-likeness (QED) is 0.557. The van der Waals surface area contributed by atoms with Gasteiger partial charge in [-0.2, -0.15) is 0 Å². The number of aromatic nitrogens is 1. The number of amides is 1. The zero-order chi connectivity index (χ0) is 26.5. The molecule has 1 aromatic rings. The predicted molar refractivity (Wildman–Crippen MR) is 135 cm³/mol. The molecule has 7 atom stereocenters. The maximum atomic E-state index is 14.1. The molecule has 0 bridgehead atoms. The number of H-pyrrole nitrogens is 1. The summed E-state index contributed by atoms with van der Waals surface area (Å²) < 4.78 is 17.7. The zero-order valence-corrected chi connectivity index (χ0v) is 22.3. The first-order valence-electron chi connectivity index (χ1n) is 13.2. The van der Waals surface area contributed by atoms with Crippen molar-refractivity contribution in [3.05, 3.63) is 33.2 Å². The third-order valence-electron chi connectivity index (χ3n) is 8.90. The van der Waals surface area contributed by atoms with E-state index in [1.165, 1.54) is 19.6 Å². The van der Waals surface area contributed by atoms with Crippen molar-refractivity contribution >= 4 is 29.1 Å². The molecule has 2 N–H and O–H groups in total. The smallest absolute Gasteiger partial charge is 0.261 e. The first-order valence-corrected chi connectivity index (χ1v) is 13.7. The van der Waals surface area contributed by atoms with Gasteiger partial charge >= 0.3 is 0 Å². The lowest BCUT2D eigenvalue weighted by Crippen LogP contribution is -2.51. The molecule has 3 fully saturated rings. The maximum Gasteiger partial charge on any atom is 0.261 e. The topological polar surface area (TPSA) is 124 Å². The van der Waals surface area contributed by atoms with Gasteiger partial charge < -0.3 is 24.5 Å². The zero-order valence-electron chi connectivity index (χ0n) is 21.5. The van der Waals surface area contributed by atoms with E-state index < -0.39 is 46.5 Å². The minimum Gasteiger partial charge on any atom is -0.380 e. The van der Waals surface area contributed by atoms with Crippen molar-refractivity contribution in [2.24, 2.45) is 17.8 Å². The van der Waals surface area contributed by atoms with Crippen LogP contribution in [0.25, 0.3) is 0 Å². The number of carbonyl (C=O) groups is 3. The summed E-state index contributed by atoms with van der Waals surface area (Å²) in [7, 11) is 3.08. The number of ketones is 2. The van der Waals surface area contributed by atoms with Crippen LogP contribution in [-0.4, -0.2) is 66.9 Å². The van der Waals surface area contributed by atoms with Crippen molar-refractivity contribution in [2.45, 2.75) is 81.2 Å². The Morgan fingerprint density at radius 2 is 1.86 bits per heavy atom. The van der Waals surface area contributed by atoms with E-state index in [0.29, 0.717) is 18.9 Å². The van der Waals surface area contributed by atoms with Crippen LogP contribution < -0.4 is 10.9 Å². The highest BCUT2D eigenvalue weighted by Gasteiger charge is 2.66. The molecule has 202 valence electrons. The monoisotopic (exact) mass is 534 g/mol. The van der Waals surface area contributed by atoms with Gasteiger partial charge in [-0.25, -0.2) is 0 Å². The van der Waals surface area contributed by atoms with Crippen LogP contribution in [0, 0.1) is 17.8 Å². The average molecular weight is 535 g/mol. The summed E-state index contributed by atoms with van der Waals surface area (Å²) >= 11 is 6.72. The van der Waals surface area contributed by atoms with Crippen molar-refractivity contribution in [2.75, 3.05) is 20.8 Å². The SMILES string of the molecule is COC1CC(OC)C2C(=O)[C@@]3(OC2C1Cl)c1[nH]c(=O)c(C(=O)NCC2CCCCC2)cc1C(=O)C[C@H]3C. The van der Waals surface area contributed by atoms with E-state index in [-0.39, 0.29) is 40.9 Å². The molecule has 5 unspecified atom stereocenters. The number of Topliss-reactive ketones (excluding diaryl/α,β-unsaturated/α-hetero) is 2. The third-order valence-corrected chi connectivity index (χ3v) is 9.43. The number of hydrogen-bond acceptors (Lipinski definition) is 7. The number of halogens is 1. The molecular formula is C27H35ClN2O7. The first-order chi connectivity index (χ1) is 17.7. The molecule has 1 aliphatic heterocycles. The van der Waals surface area contributed by atoms with Crippen LogP contribution in [0.4, 0.5) is 0 Å². The lowest BCUT2D eigenvalue weighted by molar-refractivity contribution is -0.145. The summed E-state index contributed by atoms with van der Waals surface area (Å²) in [6, 6.07) is 1.32. The van der Waals surface area contributed by atoms with Gasteiger partial charge in [-0.1, -0.05) is 26.2 Å². The van der Waals surface area contributed by atoms with Gasteiger partial charge in [0.1, 0.15) is 5.56 Å². The normalized spacial score (nSPS) is 35.9. The Kier molecular flexibility index (Phi) is 7.35. The Morgan fingerprint density at radius 3 is 2.54 bits per heavy atom. The number of aromatic amines is 1. The number of carbonyl (C=O) groups excluding carboxylic acids is 3. The van der Waals surface area contributed by atoms with E-state index in [0.717, 1.165) is 25.7 Å². The molecular weight excluding hydrogens is 500 g/mol. The van der Waals surface area contributed by atoms with Crippen LogP contribution in [0.15, 0.2) is 10.9 Å². The van der Waals surface area contributed by atoms with Crippen LogP contribution in [-0.2, 0) is 24.6 Å². The summed E-state index contributed by atoms with van der Waals surface area (Å²) in [5, 5.41) is 2.25. The molecule has 1 spiro atoms. The van der Waals surface area contributed by atoms with Gasteiger partial charge in [0.05, 0.1) is 35.3 Å². The largest absolute Gasteiger partial charge is 0.380 e. The second-order valence-electron chi connectivity index (χ2n) is 11.0. The second kappa shape index (κ2) is 10.2. The van der Waals surface area contributed by atoms with Crippen LogP contribution in [0.3, 0.4) is 0 Å². The van der Waals surface area contributed by atoms with Crippen LogP contribution in [0.1, 0.15) is 78.3 Å². The van der Waals surface area contributed by atoms with Crippen LogP contribution >= 0.6 is 11.6 Å². The highest BCUT2D eigenvalue weighted by molar-refractivity contribution is 6.22. The van der Waals surface area contributed by atoms with Gasteiger partial charge in [-0.15, -0.1) is 11.6 Å². The fourth-order valence-electron chi connectivity index (χ4n) is 6.83. The average Bonchev–Trinajstić information content (AvgIpc) is 3.21. The van der Waals surface area contributed by atoms with Gasteiger partial charge in [0.15, 0.2) is 17.2 Å². The summed E-state index contributed by atoms with van der Waals surface area (Å²) in [5.74, 6) is -1.88. The summed E-state index contributed by atoms with van der Waals surface area (Å²) in [4.78, 5) is 56.1. The highest BCUT2D eigenvalue weighted by atomic mass is 35.5. The lowest BCUT2D eigenvalue weighted by atomic mass is 9.68.